The van der Waals surface area contributed by atoms with Gasteiger partial charge in [0, 0.05) is 17.4 Å². The number of aryl methyl sites for hydroxylation is 2. The lowest BCUT2D eigenvalue weighted by Crippen LogP contribution is -2.35. The molecular formula is C29H37N11. The number of nitrogens with two attached hydrogens (primary N) is 2. The molecule has 0 saturated heterocycles. The van der Waals surface area contributed by atoms with Crippen LogP contribution in [0.3, 0.4) is 0 Å². The van der Waals surface area contributed by atoms with E-state index in [4.69, 9.17) is 21.4 Å². The van der Waals surface area contributed by atoms with Crippen LogP contribution in [0.25, 0.3) is 0 Å². The van der Waals surface area contributed by atoms with Gasteiger partial charge in [-0.05, 0) is 49.9 Å². The monoisotopic (exact) mass is 539 g/mol. The Labute approximate surface area is 234 Å². The van der Waals surface area contributed by atoms with Crippen molar-refractivity contribution in [1.82, 2.24) is 34.8 Å². The molecule has 0 bridgehead atoms. The van der Waals surface area contributed by atoms with Gasteiger partial charge in [0.15, 0.2) is 0 Å². The highest BCUT2D eigenvalue weighted by molar-refractivity contribution is 5.59. The van der Waals surface area contributed by atoms with Crippen LogP contribution in [0, 0.1) is 13.8 Å². The van der Waals surface area contributed by atoms with Crippen molar-refractivity contribution >= 4 is 35.2 Å². The van der Waals surface area contributed by atoms with Gasteiger partial charge < -0.3 is 22.1 Å². The van der Waals surface area contributed by atoms with E-state index >= 15 is 0 Å². The number of hydrogen-bond acceptors (Lipinski definition) is 11. The zero-order valence-corrected chi connectivity index (χ0v) is 23.1. The lowest BCUT2D eigenvalue weighted by molar-refractivity contribution is 0.153. The van der Waals surface area contributed by atoms with Crippen molar-refractivity contribution in [1.29, 1.82) is 0 Å². The molecule has 0 amide bonds. The van der Waals surface area contributed by atoms with Crippen molar-refractivity contribution in [2.75, 3.05) is 22.1 Å². The van der Waals surface area contributed by atoms with Crippen molar-refractivity contribution in [3.05, 3.63) is 71.3 Å². The molecule has 0 unspecified atom stereocenters. The predicted molar refractivity (Wildman–Crippen MR) is 158 cm³/mol. The van der Waals surface area contributed by atoms with Crippen LogP contribution >= 0.6 is 0 Å². The van der Waals surface area contributed by atoms with Crippen LogP contribution in [-0.2, 0) is 13.1 Å². The largest absolute Gasteiger partial charge is 0.368 e. The summed E-state index contributed by atoms with van der Waals surface area (Å²) < 4.78 is 0. The molecule has 0 radical (unpaired) electrons. The Morgan fingerprint density at radius 1 is 0.650 bits per heavy atom. The fourth-order valence-corrected chi connectivity index (χ4v) is 5.10. The maximum absolute atomic E-state index is 6.13. The zero-order valence-electron chi connectivity index (χ0n) is 23.1. The number of aromatic nitrogens is 6. The van der Waals surface area contributed by atoms with Crippen molar-refractivity contribution in [2.24, 2.45) is 0 Å². The minimum Gasteiger partial charge on any atom is -0.368 e. The average molecular weight is 540 g/mol. The average Bonchev–Trinajstić information content (AvgIpc) is 3.20. The van der Waals surface area contributed by atoms with Crippen LogP contribution in [0.15, 0.2) is 48.5 Å². The van der Waals surface area contributed by atoms with Crippen molar-refractivity contribution in [3.8, 4) is 0 Å². The second-order valence-electron chi connectivity index (χ2n) is 10.3. The minimum atomic E-state index is 0.177. The highest BCUT2D eigenvalue weighted by Crippen LogP contribution is 2.26. The highest BCUT2D eigenvalue weighted by Gasteiger charge is 2.24. The summed E-state index contributed by atoms with van der Waals surface area (Å²) in [6, 6.07) is 16.3. The number of nitrogen functional groups attached to an aromatic ring is 2. The third-order valence-corrected chi connectivity index (χ3v) is 7.21. The van der Waals surface area contributed by atoms with Gasteiger partial charge in [-0.3, -0.25) is 4.90 Å². The molecule has 4 aromatic rings. The number of rotatable bonds is 9. The lowest BCUT2D eigenvalue weighted by Gasteiger charge is -2.30. The van der Waals surface area contributed by atoms with E-state index in [1.165, 1.54) is 25.7 Å². The Hall–Kier alpha value is -4.38. The van der Waals surface area contributed by atoms with Crippen molar-refractivity contribution in [2.45, 2.75) is 71.5 Å². The minimum absolute atomic E-state index is 0.177. The van der Waals surface area contributed by atoms with Crippen molar-refractivity contribution < 1.29 is 0 Å². The number of anilines is 6. The number of hydrogen-bond donors (Lipinski definition) is 4. The molecule has 1 aliphatic carbocycles. The van der Waals surface area contributed by atoms with Crippen molar-refractivity contribution in [3.63, 3.8) is 0 Å². The molecule has 6 N–H and O–H groups in total. The standard InChI is InChI=1S/C29H37N11/c1-19-11-7-9-15-22(19)32-28-36-24(34-26(30)38-28)17-40(21-13-5-3-4-6-14-21)18-25-35-27(31)39-29(37-25)33-23-16-10-8-12-20(23)2/h7-12,15-16,21H,3-6,13-14,17-18H2,1-2H3,(H3,30,32,34,36,38)(H3,31,33,35,37,39). The molecule has 0 aliphatic heterocycles. The Balaban J connectivity index is 1.40. The zero-order chi connectivity index (χ0) is 27.9. The number of nitrogens with zero attached hydrogens (tertiary/aromatic N) is 7. The van der Waals surface area contributed by atoms with E-state index in [1.54, 1.807) is 0 Å². The van der Waals surface area contributed by atoms with E-state index in [2.05, 4.69) is 35.5 Å². The predicted octanol–water partition coefficient (Wildman–Crippen LogP) is 5.05. The summed E-state index contributed by atoms with van der Waals surface area (Å²) in [6.45, 7) is 5.02. The number of benzene rings is 2. The molecule has 11 nitrogen and oxygen atoms in total. The first-order valence-corrected chi connectivity index (χ1v) is 13.8. The summed E-state index contributed by atoms with van der Waals surface area (Å²) in [5.74, 6) is 2.38. The Morgan fingerprint density at radius 3 is 1.55 bits per heavy atom. The number of para-hydroxylation sites is 2. The van der Waals surface area contributed by atoms with Crippen LogP contribution < -0.4 is 22.1 Å². The van der Waals surface area contributed by atoms with Gasteiger partial charge in [0.1, 0.15) is 11.6 Å². The quantitative estimate of drug-likeness (QED) is 0.211. The molecule has 5 rings (SSSR count). The van der Waals surface area contributed by atoms with Gasteiger partial charge in [0.2, 0.25) is 23.8 Å². The highest BCUT2D eigenvalue weighted by atomic mass is 15.3. The van der Waals surface area contributed by atoms with Gasteiger partial charge in [-0.25, -0.2) is 0 Å². The summed E-state index contributed by atoms with van der Waals surface area (Å²) in [4.78, 5) is 29.4. The van der Waals surface area contributed by atoms with Crippen LogP contribution in [0.1, 0.15) is 61.3 Å². The molecule has 1 aliphatic rings. The molecule has 0 spiro atoms. The molecule has 0 atom stereocenters. The van der Waals surface area contributed by atoms with Gasteiger partial charge in [-0.15, -0.1) is 0 Å². The Bertz CT molecular complexity index is 1330. The molecule has 40 heavy (non-hydrogen) atoms. The lowest BCUT2D eigenvalue weighted by atomic mass is 10.1. The van der Waals surface area contributed by atoms with Crippen LogP contribution in [0.5, 0.6) is 0 Å². The molecule has 2 aromatic carbocycles. The van der Waals surface area contributed by atoms with E-state index in [0.717, 1.165) is 35.3 Å². The summed E-state index contributed by atoms with van der Waals surface area (Å²) in [5, 5.41) is 6.58. The first-order valence-electron chi connectivity index (χ1n) is 13.8. The fraction of sp³-hybridized carbons (Fsp3) is 0.379. The third-order valence-electron chi connectivity index (χ3n) is 7.21. The second kappa shape index (κ2) is 12.6. The van der Waals surface area contributed by atoms with Crippen LogP contribution in [0.2, 0.25) is 0 Å². The molecule has 2 heterocycles. The van der Waals surface area contributed by atoms with Gasteiger partial charge >= 0.3 is 0 Å². The second-order valence-corrected chi connectivity index (χ2v) is 10.3. The van der Waals surface area contributed by atoms with E-state index in [9.17, 15) is 0 Å². The first kappa shape index (κ1) is 27.2. The Morgan fingerprint density at radius 2 is 1.10 bits per heavy atom. The van der Waals surface area contributed by atoms with Gasteiger partial charge in [-0.2, -0.15) is 29.9 Å². The topological polar surface area (TPSA) is 157 Å². The van der Waals surface area contributed by atoms with Gasteiger partial charge in [-0.1, -0.05) is 62.1 Å². The molecule has 1 saturated carbocycles. The maximum atomic E-state index is 6.13. The Kier molecular flexibility index (Phi) is 8.60. The van der Waals surface area contributed by atoms with E-state index in [1.807, 2.05) is 62.4 Å². The molecular weight excluding hydrogens is 502 g/mol. The molecule has 2 aromatic heterocycles. The number of nitrogens with one attached hydrogen (secondary N) is 2. The fourth-order valence-electron chi connectivity index (χ4n) is 5.10. The van der Waals surface area contributed by atoms with Gasteiger partial charge in [0.05, 0.1) is 13.1 Å². The molecule has 1 fully saturated rings. The first-order chi connectivity index (χ1) is 19.4. The van der Waals surface area contributed by atoms with Crippen LogP contribution in [-0.4, -0.2) is 40.8 Å². The third kappa shape index (κ3) is 7.17. The van der Waals surface area contributed by atoms with E-state index < -0.39 is 0 Å². The maximum Gasteiger partial charge on any atom is 0.232 e. The molecule has 11 heteroatoms. The molecule has 208 valence electrons. The SMILES string of the molecule is Cc1ccccc1Nc1nc(N)nc(CN(Cc2nc(N)nc(Nc3ccccc3C)n2)C2CCCCCC2)n1. The normalized spacial score (nSPS) is 14.2. The summed E-state index contributed by atoms with van der Waals surface area (Å²) in [6.07, 6.45) is 7.03. The smallest absolute Gasteiger partial charge is 0.232 e. The van der Waals surface area contributed by atoms with Gasteiger partial charge in [0.25, 0.3) is 0 Å². The van der Waals surface area contributed by atoms with E-state index in [0.29, 0.717) is 42.7 Å². The summed E-state index contributed by atoms with van der Waals surface area (Å²) >= 11 is 0. The summed E-state index contributed by atoms with van der Waals surface area (Å²) in [7, 11) is 0. The van der Waals surface area contributed by atoms with E-state index in [-0.39, 0.29) is 11.9 Å². The van der Waals surface area contributed by atoms with Crippen LogP contribution in [0.4, 0.5) is 35.2 Å². The summed E-state index contributed by atoms with van der Waals surface area (Å²) in [5.41, 5.74) is 16.3.